The number of carboxylic acids is 1. The van der Waals surface area contributed by atoms with Gasteiger partial charge in [0.2, 0.25) is 5.88 Å². The first kappa shape index (κ1) is 28.5. The maximum Gasteiger partial charge on any atom is 0.335 e. The number of pyridine rings is 1. The van der Waals surface area contributed by atoms with Crippen LogP contribution in [-0.4, -0.2) is 57.2 Å². The van der Waals surface area contributed by atoms with Gasteiger partial charge in [0.25, 0.3) is 0 Å². The van der Waals surface area contributed by atoms with Crippen molar-refractivity contribution in [2.45, 2.75) is 57.8 Å². The number of fused-ring (bicyclic) bond motifs is 1. The van der Waals surface area contributed by atoms with Crippen LogP contribution in [0.3, 0.4) is 0 Å². The molecule has 1 N–H and O–H groups in total. The molecule has 0 radical (unpaired) electrons. The Morgan fingerprint density at radius 1 is 0.977 bits per heavy atom. The molecule has 10 heteroatoms. The number of Topliss-reactive ketones (excluding diaryl/α,β-unsaturated/α-hetero) is 1. The number of nitrogens with zero attached hydrogens (tertiary/aromatic N) is 4. The molecule has 2 aliphatic heterocycles. The Bertz CT molecular complexity index is 1710. The summed E-state index contributed by atoms with van der Waals surface area (Å²) in [4.78, 5) is 35.7. The van der Waals surface area contributed by atoms with Gasteiger partial charge in [0.05, 0.1) is 29.2 Å². The number of ketones is 1. The van der Waals surface area contributed by atoms with Gasteiger partial charge in [-0.2, -0.15) is 4.98 Å². The Labute approximate surface area is 254 Å². The molecule has 0 bridgehead atoms. The molecule has 1 aliphatic carbocycles. The number of piperidine rings is 1. The topological polar surface area (TPSA) is 107 Å². The van der Waals surface area contributed by atoms with Crippen molar-refractivity contribution in [2.24, 2.45) is 11.8 Å². The van der Waals surface area contributed by atoms with Gasteiger partial charge >= 0.3 is 5.97 Å². The Balaban J connectivity index is 0.979. The average molecular weight is 599 g/mol. The van der Waals surface area contributed by atoms with E-state index in [-0.39, 0.29) is 30.0 Å². The van der Waals surface area contributed by atoms with Gasteiger partial charge in [0.15, 0.2) is 5.78 Å². The van der Waals surface area contributed by atoms with Crippen LogP contribution in [0.4, 0.5) is 10.2 Å². The summed E-state index contributed by atoms with van der Waals surface area (Å²) in [5.74, 6) is 1.34. The van der Waals surface area contributed by atoms with E-state index in [1.165, 1.54) is 6.07 Å². The standard InChI is InChI=1S/C34H35FN4O5/c35-27-17-23(33(40)22-4-5-22)6-7-25(27)20-44-32-3-1-2-30(37-32)38-13-10-21(11-14-38)16-31-36-28-9-8-24(34(41)42)18-29(28)39(31)19-26-12-15-43-26/h1-3,6-9,17-18,21-22,26H,4-5,10-16,19-20H2,(H,41,42)/t26-/m0/s1. The first-order valence-electron chi connectivity index (χ1n) is 15.4. The van der Waals surface area contributed by atoms with Gasteiger partial charge in [-0.25, -0.2) is 14.2 Å². The van der Waals surface area contributed by atoms with Gasteiger partial charge in [0.1, 0.15) is 24.1 Å². The highest BCUT2D eigenvalue weighted by molar-refractivity contribution is 5.99. The van der Waals surface area contributed by atoms with Crippen LogP contribution in [0.15, 0.2) is 54.6 Å². The molecule has 3 aliphatic rings. The van der Waals surface area contributed by atoms with E-state index in [0.717, 1.165) is 80.9 Å². The molecular weight excluding hydrogens is 563 g/mol. The lowest BCUT2D eigenvalue weighted by Crippen LogP contribution is -2.35. The number of hydrogen-bond acceptors (Lipinski definition) is 7. The van der Waals surface area contributed by atoms with Gasteiger partial charge in [-0.15, -0.1) is 0 Å². The number of carbonyl (C=O) groups excluding carboxylic acids is 1. The third-order valence-corrected chi connectivity index (χ3v) is 9.03. The second-order valence-electron chi connectivity index (χ2n) is 12.1. The minimum absolute atomic E-state index is 0.0192. The second-order valence-corrected chi connectivity index (χ2v) is 12.1. The third-order valence-electron chi connectivity index (χ3n) is 9.03. The quantitative estimate of drug-likeness (QED) is 0.220. The first-order chi connectivity index (χ1) is 21.4. The highest BCUT2D eigenvalue weighted by Crippen LogP contribution is 2.33. The lowest BCUT2D eigenvalue weighted by atomic mass is 9.93. The van der Waals surface area contributed by atoms with Crippen molar-refractivity contribution in [2.75, 3.05) is 24.6 Å². The Kier molecular flexibility index (Phi) is 7.76. The normalized spacial score (nSPS) is 18.8. The lowest BCUT2D eigenvalue weighted by Gasteiger charge is -2.33. The SMILES string of the molecule is O=C(O)c1ccc2nc(CC3CCN(c4cccc(OCc5ccc(C(=O)C6CC6)cc5F)n4)CC3)n(C[C@@H]3CCO3)c2c1. The third kappa shape index (κ3) is 6.04. The fourth-order valence-corrected chi connectivity index (χ4v) is 6.13. The number of benzene rings is 2. The van der Waals surface area contributed by atoms with E-state index in [1.807, 2.05) is 12.1 Å². The largest absolute Gasteiger partial charge is 0.478 e. The molecule has 2 saturated heterocycles. The molecule has 228 valence electrons. The smallest absolute Gasteiger partial charge is 0.335 e. The number of hydrogen-bond donors (Lipinski definition) is 1. The Morgan fingerprint density at radius 2 is 1.77 bits per heavy atom. The Hall–Kier alpha value is -4.31. The average Bonchev–Trinajstić information content (AvgIpc) is 3.81. The summed E-state index contributed by atoms with van der Waals surface area (Å²) in [5.41, 5.74) is 2.73. The molecule has 2 aromatic heterocycles. The van der Waals surface area contributed by atoms with E-state index in [2.05, 4.69) is 9.47 Å². The van der Waals surface area contributed by atoms with Gasteiger partial charge in [0, 0.05) is 49.2 Å². The number of aromatic nitrogens is 3. The van der Waals surface area contributed by atoms with E-state index in [9.17, 15) is 19.1 Å². The minimum atomic E-state index is -0.945. The molecule has 3 fully saturated rings. The molecule has 7 rings (SSSR count). The zero-order chi connectivity index (χ0) is 30.2. The Morgan fingerprint density at radius 3 is 2.48 bits per heavy atom. The highest BCUT2D eigenvalue weighted by Gasteiger charge is 2.31. The maximum atomic E-state index is 14.7. The van der Waals surface area contributed by atoms with Crippen LogP contribution in [0, 0.1) is 17.7 Å². The summed E-state index contributed by atoms with van der Waals surface area (Å²) in [7, 11) is 0. The molecule has 4 aromatic rings. The predicted octanol–water partition coefficient (Wildman–Crippen LogP) is 5.69. The van der Waals surface area contributed by atoms with Gasteiger partial charge in [-0.1, -0.05) is 18.2 Å². The number of aromatic carboxylic acids is 1. The number of halogens is 1. The van der Waals surface area contributed by atoms with Crippen molar-refractivity contribution in [1.29, 1.82) is 0 Å². The van der Waals surface area contributed by atoms with Crippen molar-refractivity contribution in [3.63, 3.8) is 0 Å². The van der Waals surface area contributed by atoms with Crippen LogP contribution in [0.25, 0.3) is 11.0 Å². The van der Waals surface area contributed by atoms with Crippen LogP contribution >= 0.6 is 0 Å². The van der Waals surface area contributed by atoms with Crippen LogP contribution in [-0.2, 0) is 24.3 Å². The molecule has 9 nitrogen and oxygen atoms in total. The summed E-state index contributed by atoms with van der Waals surface area (Å²) in [6, 6.07) is 15.4. The molecule has 1 atom stereocenters. The summed E-state index contributed by atoms with van der Waals surface area (Å²) in [6.45, 7) is 3.14. The molecule has 0 spiro atoms. The molecule has 44 heavy (non-hydrogen) atoms. The summed E-state index contributed by atoms with van der Waals surface area (Å²) >= 11 is 0. The molecule has 2 aromatic carbocycles. The summed E-state index contributed by atoms with van der Waals surface area (Å²) in [6.07, 6.45) is 5.65. The molecular formula is C34H35FN4O5. The van der Waals surface area contributed by atoms with Crippen molar-refractivity contribution < 1.29 is 28.6 Å². The van der Waals surface area contributed by atoms with E-state index >= 15 is 0 Å². The maximum absolute atomic E-state index is 14.7. The monoisotopic (exact) mass is 598 g/mol. The fourth-order valence-electron chi connectivity index (χ4n) is 6.13. The number of anilines is 1. The lowest BCUT2D eigenvalue weighted by molar-refractivity contribution is -0.0590. The van der Waals surface area contributed by atoms with Crippen LogP contribution in [0.1, 0.15) is 64.2 Å². The van der Waals surface area contributed by atoms with E-state index in [0.29, 0.717) is 29.5 Å². The van der Waals surface area contributed by atoms with Crippen LogP contribution in [0.2, 0.25) is 0 Å². The fraction of sp³-hybridized carbons (Fsp3) is 0.412. The van der Waals surface area contributed by atoms with Gasteiger partial charge in [-0.05, 0) is 68.4 Å². The van der Waals surface area contributed by atoms with Crippen molar-refractivity contribution >= 4 is 28.6 Å². The molecule has 1 saturated carbocycles. The summed E-state index contributed by atoms with van der Waals surface area (Å²) in [5, 5.41) is 9.52. The second kappa shape index (κ2) is 12.0. The molecule has 0 amide bonds. The number of rotatable bonds is 11. The number of carbonyl (C=O) groups is 2. The van der Waals surface area contributed by atoms with Crippen LogP contribution in [0.5, 0.6) is 5.88 Å². The van der Waals surface area contributed by atoms with Gasteiger partial charge < -0.3 is 24.0 Å². The number of ether oxygens (including phenoxy) is 2. The minimum Gasteiger partial charge on any atom is -0.478 e. The van der Waals surface area contributed by atoms with Crippen LogP contribution < -0.4 is 9.64 Å². The van der Waals surface area contributed by atoms with Crippen molar-refractivity contribution in [1.82, 2.24) is 14.5 Å². The van der Waals surface area contributed by atoms with E-state index in [1.54, 1.807) is 36.4 Å². The zero-order valence-electron chi connectivity index (χ0n) is 24.5. The predicted molar refractivity (Wildman–Crippen MR) is 162 cm³/mol. The van der Waals surface area contributed by atoms with Crippen molar-refractivity contribution in [3.8, 4) is 5.88 Å². The summed E-state index contributed by atoms with van der Waals surface area (Å²) < 4.78 is 28.4. The molecule has 4 heterocycles. The number of carboxylic acid groups (broad SMARTS) is 1. The van der Waals surface area contributed by atoms with Gasteiger partial charge in [-0.3, -0.25) is 4.79 Å². The first-order valence-corrected chi connectivity index (χ1v) is 15.4. The van der Waals surface area contributed by atoms with E-state index in [4.69, 9.17) is 19.4 Å². The zero-order valence-corrected chi connectivity index (χ0v) is 24.5. The van der Waals surface area contributed by atoms with E-state index < -0.39 is 11.8 Å². The highest BCUT2D eigenvalue weighted by atomic mass is 19.1. The molecule has 0 unspecified atom stereocenters. The van der Waals surface area contributed by atoms with Crippen molar-refractivity contribution in [3.05, 3.63) is 82.9 Å². The number of imidazole rings is 1.